The van der Waals surface area contributed by atoms with Crippen molar-refractivity contribution in [1.29, 1.82) is 0 Å². The summed E-state index contributed by atoms with van der Waals surface area (Å²) in [7, 11) is 0. The van der Waals surface area contributed by atoms with Gasteiger partial charge in [0.1, 0.15) is 0 Å². The number of pyridine rings is 1. The number of fused-ring (bicyclic) bond motifs is 1. The van der Waals surface area contributed by atoms with E-state index in [1.807, 2.05) is 12.4 Å². The first-order valence-electron chi connectivity index (χ1n) is 6.20. The average Bonchev–Trinajstić information content (AvgIpc) is 2.70. The molecule has 2 aromatic rings. The normalized spacial score (nSPS) is 28.7. The molecule has 1 saturated carbocycles. The van der Waals surface area contributed by atoms with Crippen LogP contribution in [-0.2, 0) is 5.41 Å². The molecule has 17 heavy (non-hydrogen) atoms. The molecule has 0 spiro atoms. The van der Waals surface area contributed by atoms with Crippen LogP contribution in [0.15, 0.2) is 36.7 Å². The SMILES string of the molecule is CC1(c2cccc3cnccc23)CCC(O)C1. The number of nitrogens with zero attached hydrogens (tertiary/aromatic N) is 1. The van der Waals surface area contributed by atoms with Crippen molar-refractivity contribution in [3.63, 3.8) is 0 Å². The van der Waals surface area contributed by atoms with E-state index in [0.29, 0.717) is 0 Å². The van der Waals surface area contributed by atoms with Gasteiger partial charge in [0, 0.05) is 17.8 Å². The number of aromatic nitrogens is 1. The molecule has 0 saturated heterocycles. The third-order valence-corrected chi connectivity index (χ3v) is 4.05. The lowest BCUT2D eigenvalue weighted by Crippen LogP contribution is -2.19. The van der Waals surface area contributed by atoms with Crippen LogP contribution in [0.3, 0.4) is 0 Å². The molecule has 88 valence electrons. The fourth-order valence-electron chi connectivity index (χ4n) is 3.10. The number of aliphatic hydroxyl groups excluding tert-OH is 1. The van der Waals surface area contributed by atoms with Crippen LogP contribution in [0.2, 0.25) is 0 Å². The van der Waals surface area contributed by atoms with E-state index in [9.17, 15) is 5.11 Å². The summed E-state index contributed by atoms with van der Waals surface area (Å²) in [4.78, 5) is 4.17. The Bertz CT molecular complexity index is 546. The molecule has 2 heteroatoms. The molecule has 2 nitrogen and oxygen atoms in total. The standard InChI is InChI=1S/C15H17NO/c1-15(7-5-12(17)9-15)14-4-2-3-11-10-16-8-6-13(11)14/h2-4,6,8,10,12,17H,5,7,9H2,1H3. The van der Waals surface area contributed by atoms with E-state index in [-0.39, 0.29) is 11.5 Å². The number of benzene rings is 1. The van der Waals surface area contributed by atoms with Crippen LogP contribution in [-0.4, -0.2) is 16.2 Å². The molecule has 0 aliphatic heterocycles. The zero-order valence-electron chi connectivity index (χ0n) is 10.1. The van der Waals surface area contributed by atoms with Gasteiger partial charge in [0.05, 0.1) is 6.10 Å². The molecule has 1 heterocycles. The first kappa shape index (κ1) is 10.7. The summed E-state index contributed by atoms with van der Waals surface area (Å²) >= 11 is 0. The van der Waals surface area contributed by atoms with Crippen LogP contribution in [0.5, 0.6) is 0 Å². The topological polar surface area (TPSA) is 33.1 Å². The minimum Gasteiger partial charge on any atom is -0.393 e. The summed E-state index contributed by atoms with van der Waals surface area (Å²) in [6.07, 6.45) is 6.47. The van der Waals surface area contributed by atoms with Crippen LogP contribution in [0.25, 0.3) is 10.8 Å². The Labute approximate surface area is 101 Å². The van der Waals surface area contributed by atoms with E-state index in [2.05, 4.69) is 36.2 Å². The fraction of sp³-hybridized carbons (Fsp3) is 0.400. The highest BCUT2D eigenvalue weighted by atomic mass is 16.3. The Morgan fingerprint density at radius 2 is 2.24 bits per heavy atom. The Kier molecular flexibility index (Phi) is 2.40. The minimum absolute atomic E-state index is 0.111. The molecule has 0 radical (unpaired) electrons. The highest BCUT2D eigenvalue weighted by Gasteiger charge is 2.36. The van der Waals surface area contributed by atoms with E-state index < -0.39 is 0 Å². The van der Waals surface area contributed by atoms with E-state index in [0.717, 1.165) is 19.3 Å². The summed E-state index contributed by atoms with van der Waals surface area (Å²) in [5.41, 5.74) is 1.47. The summed E-state index contributed by atoms with van der Waals surface area (Å²) in [6, 6.07) is 8.47. The van der Waals surface area contributed by atoms with Crippen molar-refractivity contribution in [3.8, 4) is 0 Å². The van der Waals surface area contributed by atoms with Crippen LogP contribution in [0.1, 0.15) is 31.7 Å². The van der Waals surface area contributed by atoms with E-state index in [1.54, 1.807) is 0 Å². The lowest BCUT2D eigenvalue weighted by molar-refractivity contribution is 0.175. The fourth-order valence-corrected chi connectivity index (χ4v) is 3.10. The lowest BCUT2D eigenvalue weighted by Gasteiger charge is -2.26. The van der Waals surface area contributed by atoms with Gasteiger partial charge in [-0.2, -0.15) is 0 Å². The Morgan fingerprint density at radius 1 is 1.35 bits per heavy atom. The Balaban J connectivity index is 2.17. The quantitative estimate of drug-likeness (QED) is 0.812. The maximum atomic E-state index is 9.79. The first-order chi connectivity index (χ1) is 8.19. The van der Waals surface area contributed by atoms with Crippen LogP contribution in [0, 0.1) is 0 Å². The number of rotatable bonds is 1. The van der Waals surface area contributed by atoms with Crippen molar-refractivity contribution >= 4 is 10.8 Å². The number of aliphatic hydroxyl groups is 1. The predicted molar refractivity (Wildman–Crippen MR) is 69.0 cm³/mol. The van der Waals surface area contributed by atoms with Gasteiger partial charge >= 0.3 is 0 Å². The largest absolute Gasteiger partial charge is 0.393 e. The molecule has 2 atom stereocenters. The van der Waals surface area contributed by atoms with E-state index in [1.165, 1.54) is 16.3 Å². The maximum absolute atomic E-state index is 9.79. The molecule has 0 amide bonds. The lowest BCUT2D eigenvalue weighted by atomic mass is 9.79. The zero-order valence-corrected chi connectivity index (χ0v) is 10.1. The van der Waals surface area contributed by atoms with Gasteiger partial charge in [0.2, 0.25) is 0 Å². The number of hydrogen-bond donors (Lipinski definition) is 1. The average molecular weight is 227 g/mol. The van der Waals surface area contributed by atoms with Crippen molar-refractivity contribution in [2.24, 2.45) is 0 Å². The van der Waals surface area contributed by atoms with E-state index >= 15 is 0 Å². The second kappa shape index (κ2) is 3.81. The monoisotopic (exact) mass is 227 g/mol. The molecule has 1 aromatic carbocycles. The molecular formula is C15H17NO. The zero-order chi connectivity index (χ0) is 11.9. The molecule has 1 N–H and O–H groups in total. The molecule has 0 bridgehead atoms. The highest BCUT2D eigenvalue weighted by molar-refractivity contribution is 5.85. The van der Waals surface area contributed by atoms with Gasteiger partial charge in [-0.25, -0.2) is 0 Å². The summed E-state index contributed by atoms with van der Waals surface area (Å²) in [6.45, 7) is 2.26. The second-order valence-corrected chi connectivity index (χ2v) is 5.36. The predicted octanol–water partition coefficient (Wildman–Crippen LogP) is 3.04. The van der Waals surface area contributed by atoms with Gasteiger partial charge in [0.15, 0.2) is 0 Å². The maximum Gasteiger partial charge on any atom is 0.0549 e. The Morgan fingerprint density at radius 3 is 3.00 bits per heavy atom. The van der Waals surface area contributed by atoms with Gasteiger partial charge < -0.3 is 5.11 Å². The van der Waals surface area contributed by atoms with Crippen LogP contribution in [0.4, 0.5) is 0 Å². The summed E-state index contributed by atoms with van der Waals surface area (Å²) < 4.78 is 0. The smallest absolute Gasteiger partial charge is 0.0549 e. The molecule has 1 aliphatic rings. The molecule has 1 aliphatic carbocycles. The van der Waals surface area contributed by atoms with Gasteiger partial charge in [-0.3, -0.25) is 4.98 Å². The van der Waals surface area contributed by atoms with Crippen molar-refractivity contribution in [2.75, 3.05) is 0 Å². The van der Waals surface area contributed by atoms with Gasteiger partial charge in [-0.1, -0.05) is 25.1 Å². The van der Waals surface area contributed by atoms with Crippen molar-refractivity contribution in [1.82, 2.24) is 4.98 Å². The summed E-state index contributed by atoms with van der Waals surface area (Å²) in [5, 5.41) is 12.3. The third kappa shape index (κ3) is 1.73. The third-order valence-electron chi connectivity index (χ3n) is 4.05. The first-order valence-corrected chi connectivity index (χ1v) is 6.20. The minimum atomic E-state index is -0.142. The number of hydrogen-bond acceptors (Lipinski definition) is 2. The van der Waals surface area contributed by atoms with Crippen molar-refractivity contribution in [2.45, 2.75) is 37.7 Å². The second-order valence-electron chi connectivity index (χ2n) is 5.36. The van der Waals surface area contributed by atoms with Crippen LogP contribution >= 0.6 is 0 Å². The molecule has 1 fully saturated rings. The molecule has 3 rings (SSSR count). The highest BCUT2D eigenvalue weighted by Crippen LogP contribution is 2.43. The van der Waals surface area contributed by atoms with Crippen LogP contribution < -0.4 is 0 Å². The van der Waals surface area contributed by atoms with Crippen molar-refractivity contribution < 1.29 is 5.11 Å². The van der Waals surface area contributed by atoms with Gasteiger partial charge in [-0.15, -0.1) is 0 Å². The Hall–Kier alpha value is -1.41. The molecule has 1 aromatic heterocycles. The van der Waals surface area contributed by atoms with E-state index in [4.69, 9.17) is 0 Å². The van der Waals surface area contributed by atoms with Crippen molar-refractivity contribution in [3.05, 3.63) is 42.2 Å². The molecular weight excluding hydrogens is 210 g/mol. The molecule has 2 unspecified atom stereocenters. The summed E-state index contributed by atoms with van der Waals surface area (Å²) in [5.74, 6) is 0. The van der Waals surface area contributed by atoms with Gasteiger partial charge in [0.25, 0.3) is 0 Å². The van der Waals surface area contributed by atoms with Gasteiger partial charge in [-0.05, 0) is 41.7 Å².